The van der Waals surface area contributed by atoms with Gasteiger partial charge in [0.25, 0.3) is 0 Å². The molecule has 3 rings (SSSR count). The van der Waals surface area contributed by atoms with Crippen molar-refractivity contribution in [1.82, 2.24) is 20.1 Å². The summed E-state index contributed by atoms with van der Waals surface area (Å²) in [6.07, 6.45) is 4.82. The highest BCUT2D eigenvalue weighted by Crippen LogP contribution is 2.20. The van der Waals surface area contributed by atoms with Gasteiger partial charge in [0.05, 0.1) is 6.54 Å². The first-order chi connectivity index (χ1) is 11.2. The molecule has 7 nitrogen and oxygen atoms in total. The van der Waals surface area contributed by atoms with Crippen LogP contribution in [0, 0.1) is 0 Å². The number of amides is 2. The van der Waals surface area contributed by atoms with Gasteiger partial charge in [0, 0.05) is 18.7 Å². The topological polar surface area (TPSA) is 80.1 Å². The van der Waals surface area contributed by atoms with Gasteiger partial charge in [-0.2, -0.15) is 5.10 Å². The van der Waals surface area contributed by atoms with Crippen molar-refractivity contribution >= 4 is 17.5 Å². The van der Waals surface area contributed by atoms with Crippen LogP contribution in [-0.2, 0) is 16.1 Å². The number of hydrogen-bond acceptors (Lipinski definition) is 4. The van der Waals surface area contributed by atoms with E-state index in [2.05, 4.69) is 15.4 Å². The summed E-state index contributed by atoms with van der Waals surface area (Å²) in [6.45, 7) is 1.14. The summed E-state index contributed by atoms with van der Waals surface area (Å²) < 4.78 is 1.60. The van der Waals surface area contributed by atoms with Crippen LogP contribution in [0.4, 0.5) is 5.69 Å². The smallest absolute Gasteiger partial charge is 0.249 e. The van der Waals surface area contributed by atoms with E-state index in [4.69, 9.17) is 0 Å². The first-order valence-corrected chi connectivity index (χ1v) is 7.72. The molecule has 23 heavy (non-hydrogen) atoms. The van der Waals surface area contributed by atoms with E-state index < -0.39 is 6.04 Å². The minimum atomic E-state index is -0.452. The summed E-state index contributed by atoms with van der Waals surface area (Å²) >= 11 is 0. The number of hydrogen-bond donors (Lipinski definition) is 1. The first-order valence-electron chi connectivity index (χ1n) is 7.72. The third-order valence-corrected chi connectivity index (χ3v) is 3.88. The molecule has 7 heteroatoms. The maximum absolute atomic E-state index is 12.6. The van der Waals surface area contributed by atoms with Crippen molar-refractivity contribution in [2.24, 2.45) is 0 Å². The van der Waals surface area contributed by atoms with Crippen molar-refractivity contribution in [3.63, 3.8) is 0 Å². The van der Waals surface area contributed by atoms with Gasteiger partial charge < -0.3 is 10.2 Å². The molecule has 1 N–H and O–H groups in total. The minimum Gasteiger partial charge on any atom is -0.344 e. The number of aryl methyl sites for hydroxylation is 1. The Labute approximate surface area is 134 Å². The number of piperidine rings is 1. The number of carbonyl (C=O) groups excluding carboxylic acids is 2. The number of nitrogens with zero attached hydrogens (tertiary/aromatic N) is 4. The van der Waals surface area contributed by atoms with Gasteiger partial charge in [-0.1, -0.05) is 18.2 Å². The highest BCUT2D eigenvalue weighted by molar-refractivity contribution is 5.99. The van der Waals surface area contributed by atoms with Gasteiger partial charge in [-0.05, 0) is 25.0 Å². The lowest BCUT2D eigenvalue weighted by Crippen LogP contribution is -2.52. The maximum Gasteiger partial charge on any atom is 0.249 e. The summed E-state index contributed by atoms with van der Waals surface area (Å²) in [5.74, 6) is -0.190. The van der Waals surface area contributed by atoms with Crippen LogP contribution in [0.25, 0.3) is 0 Å². The van der Waals surface area contributed by atoms with Crippen LogP contribution in [-0.4, -0.2) is 39.2 Å². The van der Waals surface area contributed by atoms with Gasteiger partial charge in [0.2, 0.25) is 11.8 Å². The number of anilines is 1. The number of benzene rings is 1. The highest BCUT2D eigenvalue weighted by atomic mass is 16.2. The Bertz CT molecular complexity index is 656. The Morgan fingerprint density at radius 3 is 2.87 bits per heavy atom. The van der Waals surface area contributed by atoms with E-state index in [-0.39, 0.29) is 18.2 Å². The fourth-order valence-corrected chi connectivity index (χ4v) is 2.70. The SMILES string of the molecule is O=C(CCn1cncn1)N[C@@H]1CCCN(c2ccccc2)C1=O. The summed E-state index contributed by atoms with van der Waals surface area (Å²) in [5, 5.41) is 6.79. The first kappa shape index (κ1) is 15.2. The Hall–Kier alpha value is -2.70. The van der Waals surface area contributed by atoms with E-state index in [9.17, 15) is 9.59 Å². The third-order valence-electron chi connectivity index (χ3n) is 3.88. The molecular weight excluding hydrogens is 294 g/mol. The normalized spacial score (nSPS) is 18.0. The predicted octanol–water partition coefficient (Wildman–Crippen LogP) is 0.980. The quantitative estimate of drug-likeness (QED) is 0.892. The second kappa shape index (κ2) is 7.04. The minimum absolute atomic E-state index is 0.0449. The van der Waals surface area contributed by atoms with Crippen LogP contribution in [0.2, 0.25) is 0 Å². The molecule has 2 aromatic rings. The van der Waals surface area contributed by atoms with Gasteiger partial charge >= 0.3 is 0 Å². The van der Waals surface area contributed by atoms with Gasteiger partial charge in [0.15, 0.2) is 0 Å². The van der Waals surface area contributed by atoms with E-state index in [0.717, 1.165) is 12.1 Å². The zero-order valence-electron chi connectivity index (χ0n) is 12.8. The maximum atomic E-state index is 12.6. The van der Waals surface area contributed by atoms with E-state index in [1.165, 1.54) is 6.33 Å². The molecule has 0 aliphatic carbocycles. The fourth-order valence-electron chi connectivity index (χ4n) is 2.70. The Balaban J connectivity index is 1.57. The number of para-hydroxylation sites is 1. The molecule has 1 aliphatic rings. The van der Waals surface area contributed by atoms with Gasteiger partial charge in [-0.25, -0.2) is 4.98 Å². The molecule has 0 spiro atoms. The molecule has 2 heterocycles. The lowest BCUT2D eigenvalue weighted by atomic mass is 10.0. The largest absolute Gasteiger partial charge is 0.344 e. The molecule has 1 saturated heterocycles. The van der Waals surface area contributed by atoms with Crippen LogP contribution in [0.15, 0.2) is 43.0 Å². The summed E-state index contributed by atoms with van der Waals surface area (Å²) in [7, 11) is 0. The molecule has 0 unspecified atom stereocenters. The van der Waals surface area contributed by atoms with Crippen LogP contribution in [0.3, 0.4) is 0 Å². The average molecular weight is 313 g/mol. The van der Waals surface area contributed by atoms with Crippen LogP contribution < -0.4 is 10.2 Å². The summed E-state index contributed by atoms with van der Waals surface area (Å²) in [4.78, 5) is 30.2. The number of aromatic nitrogens is 3. The zero-order chi connectivity index (χ0) is 16.1. The second-order valence-electron chi connectivity index (χ2n) is 5.50. The number of rotatable bonds is 5. The van der Waals surface area contributed by atoms with Gasteiger partial charge in [-0.3, -0.25) is 14.3 Å². The monoisotopic (exact) mass is 313 g/mol. The summed E-state index contributed by atoms with van der Waals surface area (Å²) in [6, 6.07) is 9.10. The van der Waals surface area contributed by atoms with Crippen molar-refractivity contribution < 1.29 is 9.59 Å². The van der Waals surface area contributed by atoms with Crippen LogP contribution in [0.1, 0.15) is 19.3 Å². The standard InChI is InChI=1S/C16H19N5O2/c22-15(8-10-20-12-17-11-18-20)19-14-7-4-9-21(16(14)23)13-5-2-1-3-6-13/h1-3,5-6,11-12,14H,4,7-10H2,(H,19,22)/t14-/m1/s1. The number of carbonyl (C=O) groups is 2. The zero-order valence-corrected chi connectivity index (χ0v) is 12.8. The van der Waals surface area contributed by atoms with Crippen molar-refractivity contribution in [2.45, 2.75) is 31.8 Å². The molecule has 0 saturated carbocycles. The Kier molecular flexibility index (Phi) is 4.65. The van der Waals surface area contributed by atoms with E-state index in [0.29, 0.717) is 19.5 Å². The predicted molar refractivity (Wildman–Crippen MR) is 84.6 cm³/mol. The van der Waals surface area contributed by atoms with Crippen molar-refractivity contribution in [2.75, 3.05) is 11.4 Å². The third kappa shape index (κ3) is 3.74. The van der Waals surface area contributed by atoms with E-state index in [1.807, 2.05) is 30.3 Å². The average Bonchev–Trinajstić information content (AvgIpc) is 3.09. The molecule has 0 bridgehead atoms. The molecule has 1 aromatic carbocycles. The molecule has 1 atom stereocenters. The fraction of sp³-hybridized carbons (Fsp3) is 0.375. The van der Waals surface area contributed by atoms with E-state index >= 15 is 0 Å². The lowest BCUT2D eigenvalue weighted by Gasteiger charge is -2.32. The summed E-state index contributed by atoms with van der Waals surface area (Å²) in [5.41, 5.74) is 0.874. The van der Waals surface area contributed by atoms with Crippen LogP contribution in [0.5, 0.6) is 0 Å². The molecule has 2 amide bonds. The van der Waals surface area contributed by atoms with Crippen LogP contribution >= 0.6 is 0 Å². The van der Waals surface area contributed by atoms with E-state index in [1.54, 1.807) is 15.9 Å². The van der Waals surface area contributed by atoms with Gasteiger partial charge in [0.1, 0.15) is 18.7 Å². The van der Waals surface area contributed by atoms with Crippen molar-refractivity contribution in [3.05, 3.63) is 43.0 Å². The Morgan fingerprint density at radius 1 is 1.30 bits per heavy atom. The van der Waals surface area contributed by atoms with Crippen molar-refractivity contribution in [1.29, 1.82) is 0 Å². The molecular formula is C16H19N5O2. The molecule has 1 aliphatic heterocycles. The molecule has 1 aromatic heterocycles. The van der Waals surface area contributed by atoms with Crippen molar-refractivity contribution in [3.8, 4) is 0 Å². The lowest BCUT2D eigenvalue weighted by molar-refractivity contribution is -0.128. The molecule has 120 valence electrons. The molecule has 1 fully saturated rings. The second-order valence-corrected chi connectivity index (χ2v) is 5.50. The van der Waals surface area contributed by atoms with Gasteiger partial charge in [-0.15, -0.1) is 0 Å². The Morgan fingerprint density at radius 2 is 2.13 bits per heavy atom. The molecule has 0 radical (unpaired) electrons. The number of nitrogens with one attached hydrogen (secondary N) is 1. The highest BCUT2D eigenvalue weighted by Gasteiger charge is 2.30.